The van der Waals surface area contributed by atoms with Gasteiger partial charge in [-0.25, -0.2) is 0 Å². The number of halogens is 1. The number of amides is 1. The Kier molecular flexibility index (Phi) is 5.53. The summed E-state index contributed by atoms with van der Waals surface area (Å²) in [5, 5.41) is 3.10. The Hall–Kier alpha value is -0.870. The van der Waals surface area contributed by atoms with Gasteiger partial charge in [0.25, 0.3) is 5.91 Å². The molecule has 0 spiro atoms. The van der Waals surface area contributed by atoms with Gasteiger partial charge in [0.2, 0.25) is 0 Å². The summed E-state index contributed by atoms with van der Waals surface area (Å²) in [4.78, 5) is 14.8. The molecule has 1 aliphatic heterocycles. The minimum absolute atomic E-state index is 0.0470. The summed E-state index contributed by atoms with van der Waals surface area (Å²) in [6, 6.07) is 8.40. The Morgan fingerprint density at radius 3 is 2.36 bits per heavy atom. The van der Waals surface area contributed by atoms with Crippen molar-refractivity contribution in [2.24, 2.45) is 5.92 Å². The number of hydrogen-bond acceptors (Lipinski definition) is 2. The Morgan fingerprint density at radius 2 is 1.73 bits per heavy atom. The summed E-state index contributed by atoms with van der Waals surface area (Å²) in [6.45, 7) is 3.24. The van der Waals surface area contributed by atoms with Crippen molar-refractivity contribution in [1.82, 2.24) is 10.2 Å². The van der Waals surface area contributed by atoms with Gasteiger partial charge in [0.1, 0.15) is 0 Å². The summed E-state index contributed by atoms with van der Waals surface area (Å²) in [6.07, 6.45) is 8.05. The molecule has 2 aliphatic rings. The van der Waals surface area contributed by atoms with Crippen molar-refractivity contribution in [2.75, 3.05) is 19.6 Å². The molecule has 1 aromatic carbocycles. The molecule has 120 valence electrons. The van der Waals surface area contributed by atoms with Crippen LogP contribution in [0.25, 0.3) is 0 Å². The van der Waals surface area contributed by atoms with E-state index >= 15 is 0 Å². The molecule has 0 bridgehead atoms. The Labute approximate surface area is 141 Å². The van der Waals surface area contributed by atoms with Crippen LogP contribution in [0, 0.1) is 5.92 Å². The highest BCUT2D eigenvalue weighted by molar-refractivity contribution is 9.10. The first-order chi connectivity index (χ1) is 10.7. The van der Waals surface area contributed by atoms with Gasteiger partial charge in [-0.05, 0) is 69.0 Å². The van der Waals surface area contributed by atoms with Crippen LogP contribution >= 0.6 is 15.9 Å². The van der Waals surface area contributed by atoms with E-state index in [4.69, 9.17) is 0 Å². The monoisotopic (exact) mass is 364 g/mol. The van der Waals surface area contributed by atoms with Crippen LogP contribution in [0.3, 0.4) is 0 Å². The molecular weight excluding hydrogens is 340 g/mol. The molecule has 0 atom stereocenters. The van der Waals surface area contributed by atoms with E-state index in [0.29, 0.717) is 5.92 Å². The number of likely N-dealkylation sites (tertiary alicyclic amines) is 1. The number of benzene rings is 1. The van der Waals surface area contributed by atoms with Gasteiger partial charge in [-0.15, -0.1) is 0 Å². The lowest BCUT2D eigenvalue weighted by atomic mass is 9.95. The van der Waals surface area contributed by atoms with Crippen LogP contribution < -0.4 is 5.32 Å². The van der Waals surface area contributed by atoms with E-state index in [1.807, 2.05) is 24.3 Å². The van der Waals surface area contributed by atoms with E-state index in [1.54, 1.807) is 0 Å². The standard InChI is InChI=1S/C18H25BrN2O/c19-16-7-5-15(6-8-16)18(22)20-13-14-9-11-21(12-10-14)17-3-1-2-4-17/h5-8,14,17H,1-4,9-13H2,(H,20,22). The highest BCUT2D eigenvalue weighted by Gasteiger charge is 2.27. The fraction of sp³-hybridized carbons (Fsp3) is 0.611. The fourth-order valence-corrected chi connectivity index (χ4v) is 4.00. The average Bonchev–Trinajstić information content (AvgIpc) is 3.08. The van der Waals surface area contributed by atoms with Crippen molar-refractivity contribution in [3.63, 3.8) is 0 Å². The second kappa shape index (κ2) is 7.60. The van der Waals surface area contributed by atoms with Crippen molar-refractivity contribution >= 4 is 21.8 Å². The molecule has 1 heterocycles. The Bertz CT molecular complexity index is 488. The average molecular weight is 365 g/mol. The van der Waals surface area contributed by atoms with E-state index < -0.39 is 0 Å². The summed E-state index contributed by atoms with van der Waals surface area (Å²) in [7, 11) is 0. The van der Waals surface area contributed by atoms with Crippen molar-refractivity contribution in [1.29, 1.82) is 0 Å². The number of rotatable bonds is 4. The highest BCUT2D eigenvalue weighted by Crippen LogP contribution is 2.27. The van der Waals surface area contributed by atoms with E-state index in [0.717, 1.165) is 22.6 Å². The first-order valence-corrected chi connectivity index (χ1v) is 9.29. The highest BCUT2D eigenvalue weighted by atomic mass is 79.9. The topological polar surface area (TPSA) is 32.3 Å². The second-order valence-corrected chi connectivity index (χ2v) is 7.55. The molecule has 1 saturated carbocycles. The van der Waals surface area contributed by atoms with Crippen LogP contribution in [0.5, 0.6) is 0 Å². The zero-order valence-corrected chi connectivity index (χ0v) is 14.6. The molecule has 0 unspecified atom stereocenters. The third kappa shape index (κ3) is 4.11. The first kappa shape index (κ1) is 16.0. The van der Waals surface area contributed by atoms with Gasteiger partial charge in [0.15, 0.2) is 0 Å². The van der Waals surface area contributed by atoms with Crippen LogP contribution in [0.2, 0.25) is 0 Å². The Morgan fingerprint density at radius 1 is 1.09 bits per heavy atom. The van der Waals surface area contributed by atoms with Gasteiger partial charge >= 0.3 is 0 Å². The number of carbonyl (C=O) groups is 1. The third-order valence-corrected chi connectivity index (χ3v) is 5.68. The largest absolute Gasteiger partial charge is 0.352 e. The molecule has 1 amide bonds. The molecule has 2 fully saturated rings. The predicted molar refractivity (Wildman–Crippen MR) is 93.0 cm³/mol. The van der Waals surface area contributed by atoms with Gasteiger partial charge in [0, 0.05) is 22.6 Å². The smallest absolute Gasteiger partial charge is 0.251 e. The van der Waals surface area contributed by atoms with Gasteiger partial charge in [-0.2, -0.15) is 0 Å². The number of hydrogen-bond donors (Lipinski definition) is 1. The first-order valence-electron chi connectivity index (χ1n) is 8.50. The van der Waals surface area contributed by atoms with Crippen LogP contribution in [-0.4, -0.2) is 36.5 Å². The Balaban J connectivity index is 1.41. The molecule has 3 nitrogen and oxygen atoms in total. The summed E-state index contributed by atoms with van der Waals surface area (Å²) in [5.74, 6) is 0.683. The van der Waals surface area contributed by atoms with Crippen molar-refractivity contribution in [3.05, 3.63) is 34.3 Å². The number of nitrogens with zero attached hydrogens (tertiary/aromatic N) is 1. The molecule has 4 heteroatoms. The van der Waals surface area contributed by atoms with Gasteiger partial charge in [-0.1, -0.05) is 28.8 Å². The molecule has 1 aliphatic carbocycles. The summed E-state index contributed by atoms with van der Waals surface area (Å²) in [5.41, 5.74) is 0.742. The molecule has 0 aromatic heterocycles. The molecule has 22 heavy (non-hydrogen) atoms. The number of piperidine rings is 1. The maximum atomic E-state index is 12.1. The molecule has 1 saturated heterocycles. The van der Waals surface area contributed by atoms with Crippen LogP contribution in [0.15, 0.2) is 28.7 Å². The maximum Gasteiger partial charge on any atom is 0.251 e. The number of carbonyl (C=O) groups excluding carboxylic acids is 1. The maximum absolute atomic E-state index is 12.1. The predicted octanol–water partition coefficient (Wildman–Crippen LogP) is 3.83. The molecular formula is C18H25BrN2O. The minimum Gasteiger partial charge on any atom is -0.352 e. The third-order valence-electron chi connectivity index (χ3n) is 5.15. The van der Waals surface area contributed by atoms with Crippen LogP contribution in [0.1, 0.15) is 48.9 Å². The van der Waals surface area contributed by atoms with Crippen molar-refractivity contribution < 1.29 is 4.79 Å². The van der Waals surface area contributed by atoms with E-state index in [-0.39, 0.29) is 5.91 Å². The second-order valence-electron chi connectivity index (χ2n) is 6.63. The van der Waals surface area contributed by atoms with Gasteiger partial charge in [0.05, 0.1) is 0 Å². The fourth-order valence-electron chi connectivity index (χ4n) is 3.73. The SMILES string of the molecule is O=C(NCC1CCN(C2CCCC2)CC1)c1ccc(Br)cc1. The van der Waals surface area contributed by atoms with E-state index in [9.17, 15) is 4.79 Å². The van der Waals surface area contributed by atoms with E-state index in [1.165, 1.54) is 51.6 Å². The lowest BCUT2D eigenvalue weighted by Gasteiger charge is -2.36. The molecule has 1 N–H and O–H groups in total. The quantitative estimate of drug-likeness (QED) is 0.880. The zero-order chi connectivity index (χ0) is 15.4. The number of nitrogens with one attached hydrogen (secondary N) is 1. The molecule has 0 radical (unpaired) electrons. The van der Waals surface area contributed by atoms with Gasteiger partial charge in [-0.3, -0.25) is 4.79 Å². The lowest BCUT2D eigenvalue weighted by Crippen LogP contribution is -2.42. The molecule has 3 rings (SSSR count). The summed E-state index contributed by atoms with van der Waals surface area (Å²) < 4.78 is 1.00. The van der Waals surface area contributed by atoms with E-state index in [2.05, 4.69) is 26.1 Å². The van der Waals surface area contributed by atoms with Crippen molar-refractivity contribution in [3.8, 4) is 0 Å². The molecule has 1 aromatic rings. The minimum atomic E-state index is 0.0470. The zero-order valence-electron chi connectivity index (χ0n) is 13.1. The van der Waals surface area contributed by atoms with Crippen LogP contribution in [-0.2, 0) is 0 Å². The summed E-state index contributed by atoms with van der Waals surface area (Å²) >= 11 is 3.39. The van der Waals surface area contributed by atoms with Crippen LogP contribution in [0.4, 0.5) is 0 Å². The van der Waals surface area contributed by atoms with Crippen molar-refractivity contribution in [2.45, 2.75) is 44.6 Å². The normalized spacial score (nSPS) is 21.1. The van der Waals surface area contributed by atoms with Gasteiger partial charge < -0.3 is 10.2 Å². The lowest BCUT2D eigenvalue weighted by molar-refractivity contribution is 0.0924.